The Morgan fingerprint density at radius 3 is 2.54 bits per heavy atom. The number of amides is 1. The number of carbonyl (C=O) groups is 2. The van der Waals surface area contributed by atoms with Gasteiger partial charge in [0.05, 0.1) is 0 Å². The number of hydrogen-bond donors (Lipinski definition) is 1. The molecule has 2 heterocycles. The minimum absolute atomic E-state index is 0.0417. The number of carbonyl (C=O) groups excluding carboxylic acids is 1. The molecule has 37 heavy (non-hydrogen) atoms. The summed E-state index contributed by atoms with van der Waals surface area (Å²) in [6, 6.07) is 14.1. The predicted octanol–water partition coefficient (Wildman–Crippen LogP) is 4.86. The topological polar surface area (TPSA) is 92.2 Å². The van der Waals surface area contributed by atoms with Crippen LogP contribution < -0.4 is 9.47 Å². The summed E-state index contributed by atoms with van der Waals surface area (Å²) < 4.78 is 24.9. The fraction of sp³-hybridized carbons (Fsp3) is 0.296. The lowest BCUT2D eigenvalue weighted by Crippen LogP contribution is -2.58. The maximum absolute atomic E-state index is 13.2. The normalized spacial score (nSPS) is 17.9. The Morgan fingerprint density at radius 2 is 1.81 bits per heavy atom. The summed E-state index contributed by atoms with van der Waals surface area (Å²) in [5.41, 5.74) is 0.849. The van der Waals surface area contributed by atoms with Gasteiger partial charge in [-0.05, 0) is 49.7 Å². The van der Waals surface area contributed by atoms with E-state index in [0.29, 0.717) is 30.4 Å². The molecule has 10 heteroatoms. The molecule has 0 aliphatic carbocycles. The zero-order valence-electron chi connectivity index (χ0n) is 20.4. The summed E-state index contributed by atoms with van der Waals surface area (Å²) in [6.45, 7) is 5.72. The highest BCUT2D eigenvalue weighted by molar-refractivity contribution is 6.30. The molecule has 1 aromatic heterocycles. The third-order valence-electron chi connectivity index (χ3n) is 6.17. The van der Waals surface area contributed by atoms with E-state index in [1.165, 1.54) is 36.5 Å². The largest absolute Gasteiger partial charge is 0.480 e. The lowest BCUT2D eigenvalue weighted by molar-refractivity contribution is -0.139. The summed E-state index contributed by atoms with van der Waals surface area (Å²) >= 11 is 6.12. The molecule has 0 radical (unpaired) electrons. The number of pyridine rings is 1. The number of benzene rings is 2. The van der Waals surface area contributed by atoms with E-state index in [4.69, 9.17) is 26.2 Å². The number of halogens is 2. The monoisotopic (exact) mass is 527 g/mol. The molecule has 1 fully saturated rings. The Bertz CT molecular complexity index is 1270. The van der Waals surface area contributed by atoms with Gasteiger partial charge in [0, 0.05) is 55.1 Å². The van der Waals surface area contributed by atoms with Crippen molar-refractivity contribution in [2.75, 3.05) is 19.7 Å². The lowest BCUT2D eigenvalue weighted by Gasteiger charge is -2.44. The van der Waals surface area contributed by atoms with E-state index in [0.717, 1.165) is 5.56 Å². The Hall–Kier alpha value is -3.69. The number of hydrogen-bond acceptors (Lipinski definition) is 6. The van der Waals surface area contributed by atoms with Gasteiger partial charge < -0.3 is 19.5 Å². The molecule has 3 aromatic rings. The van der Waals surface area contributed by atoms with Crippen LogP contribution in [0.25, 0.3) is 0 Å². The van der Waals surface area contributed by atoms with Crippen LogP contribution in [0.3, 0.4) is 0 Å². The first kappa shape index (κ1) is 26.4. The van der Waals surface area contributed by atoms with Gasteiger partial charge in [-0.3, -0.25) is 9.69 Å². The highest BCUT2D eigenvalue weighted by Crippen LogP contribution is 2.34. The van der Waals surface area contributed by atoms with E-state index in [-0.39, 0.29) is 47.6 Å². The van der Waals surface area contributed by atoms with E-state index in [1.54, 1.807) is 29.2 Å². The molecular weight excluding hydrogens is 501 g/mol. The highest BCUT2D eigenvalue weighted by atomic mass is 35.5. The van der Waals surface area contributed by atoms with Crippen LogP contribution in [-0.2, 0) is 11.3 Å². The van der Waals surface area contributed by atoms with Gasteiger partial charge in [0.1, 0.15) is 11.6 Å². The van der Waals surface area contributed by atoms with Crippen molar-refractivity contribution in [1.29, 1.82) is 0 Å². The van der Waals surface area contributed by atoms with Crippen molar-refractivity contribution < 1.29 is 28.6 Å². The average Bonchev–Trinajstić information content (AvgIpc) is 2.87. The van der Waals surface area contributed by atoms with Gasteiger partial charge in [-0.15, -0.1) is 0 Å². The first-order valence-electron chi connectivity index (χ1n) is 11.8. The van der Waals surface area contributed by atoms with Gasteiger partial charge in [0.25, 0.3) is 5.91 Å². The molecule has 2 atom stereocenters. The number of aromatic carboxylic acids is 1. The van der Waals surface area contributed by atoms with Crippen molar-refractivity contribution in [3.05, 3.63) is 82.9 Å². The fourth-order valence-corrected chi connectivity index (χ4v) is 4.37. The summed E-state index contributed by atoms with van der Waals surface area (Å²) in [5, 5.41) is 9.55. The summed E-state index contributed by atoms with van der Waals surface area (Å²) in [6.07, 6.45) is 1.33. The summed E-state index contributed by atoms with van der Waals surface area (Å²) in [4.78, 5) is 32.1. The molecule has 194 valence electrons. The van der Waals surface area contributed by atoms with Gasteiger partial charge in [0.2, 0.25) is 0 Å². The summed E-state index contributed by atoms with van der Waals surface area (Å²) in [7, 11) is 0. The van der Waals surface area contributed by atoms with Crippen molar-refractivity contribution in [3.63, 3.8) is 0 Å². The zero-order chi connectivity index (χ0) is 26.5. The molecule has 0 unspecified atom stereocenters. The third kappa shape index (κ3) is 6.75. The van der Waals surface area contributed by atoms with Crippen LogP contribution >= 0.6 is 11.6 Å². The van der Waals surface area contributed by atoms with E-state index in [1.807, 2.05) is 6.92 Å². The molecular formula is C27H27ClFN3O5. The van der Waals surface area contributed by atoms with Crippen LogP contribution in [0.1, 0.15) is 29.9 Å². The molecule has 8 nitrogen and oxygen atoms in total. The standard InChI is InChI=1S/C27H27ClFN3O5/c1-17-14-32(18(2)13-31(17)15-19-3-6-21(29)7-4-19)26(33)16-36-24-8-5-20(28)11-25(24)37-22-9-10-30-23(12-22)27(34)35/h3-12,17-18H,13-16H2,1-2H3,(H,34,35)/t17-,18+/m0/s1. The lowest BCUT2D eigenvalue weighted by atomic mass is 10.1. The Morgan fingerprint density at radius 1 is 1.05 bits per heavy atom. The third-order valence-corrected chi connectivity index (χ3v) is 6.40. The second kappa shape index (κ2) is 11.6. The molecule has 2 aromatic carbocycles. The number of piperazine rings is 1. The molecule has 1 amide bonds. The summed E-state index contributed by atoms with van der Waals surface area (Å²) in [5.74, 6) is -0.833. The SMILES string of the molecule is C[C@@H]1CN(Cc2ccc(F)cc2)[C@@H](C)CN1C(=O)COc1ccc(Cl)cc1Oc1ccnc(C(=O)O)c1. The van der Waals surface area contributed by atoms with Crippen molar-refractivity contribution >= 4 is 23.5 Å². The average molecular weight is 528 g/mol. The van der Waals surface area contributed by atoms with E-state index < -0.39 is 5.97 Å². The molecule has 1 saturated heterocycles. The Labute approximate surface area is 219 Å². The fourth-order valence-electron chi connectivity index (χ4n) is 4.21. The molecule has 0 spiro atoms. The number of nitrogens with zero attached hydrogens (tertiary/aromatic N) is 3. The van der Waals surface area contributed by atoms with E-state index in [2.05, 4.69) is 16.8 Å². The van der Waals surface area contributed by atoms with Gasteiger partial charge in [-0.25, -0.2) is 14.2 Å². The second-order valence-corrected chi connectivity index (χ2v) is 9.40. The Kier molecular flexibility index (Phi) is 8.25. The molecule has 0 bridgehead atoms. The van der Waals surface area contributed by atoms with Gasteiger partial charge in [-0.2, -0.15) is 0 Å². The number of rotatable bonds is 8. The van der Waals surface area contributed by atoms with E-state index >= 15 is 0 Å². The van der Waals surface area contributed by atoms with Crippen LogP contribution in [-0.4, -0.2) is 63.5 Å². The van der Waals surface area contributed by atoms with Crippen LogP contribution in [0.5, 0.6) is 17.2 Å². The first-order chi connectivity index (χ1) is 17.7. The van der Waals surface area contributed by atoms with Gasteiger partial charge in [0.15, 0.2) is 23.8 Å². The number of aromatic nitrogens is 1. The first-order valence-corrected chi connectivity index (χ1v) is 12.1. The minimum Gasteiger partial charge on any atom is -0.480 e. The number of ether oxygens (including phenoxy) is 2. The smallest absolute Gasteiger partial charge is 0.354 e. The molecule has 1 N–H and O–H groups in total. The van der Waals surface area contributed by atoms with Crippen LogP contribution in [0, 0.1) is 5.82 Å². The van der Waals surface area contributed by atoms with Crippen molar-refractivity contribution in [2.45, 2.75) is 32.5 Å². The van der Waals surface area contributed by atoms with Crippen LogP contribution in [0.4, 0.5) is 4.39 Å². The maximum Gasteiger partial charge on any atom is 0.354 e. The number of carboxylic acid groups (broad SMARTS) is 1. The highest BCUT2D eigenvalue weighted by Gasteiger charge is 2.32. The molecule has 1 aliphatic heterocycles. The predicted molar refractivity (Wildman–Crippen MR) is 136 cm³/mol. The Balaban J connectivity index is 1.39. The van der Waals surface area contributed by atoms with Crippen molar-refractivity contribution in [3.8, 4) is 17.2 Å². The van der Waals surface area contributed by atoms with Crippen LogP contribution in [0.15, 0.2) is 60.8 Å². The van der Waals surface area contributed by atoms with Crippen molar-refractivity contribution in [1.82, 2.24) is 14.8 Å². The quantitative estimate of drug-likeness (QED) is 0.447. The van der Waals surface area contributed by atoms with E-state index in [9.17, 15) is 14.0 Å². The molecule has 0 saturated carbocycles. The maximum atomic E-state index is 13.2. The molecule has 4 rings (SSSR count). The zero-order valence-corrected chi connectivity index (χ0v) is 21.2. The number of carboxylic acids is 1. The van der Waals surface area contributed by atoms with Gasteiger partial charge >= 0.3 is 5.97 Å². The second-order valence-electron chi connectivity index (χ2n) is 8.96. The van der Waals surface area contributed by atoms with Crippen molar-refractivity contribution in [2.24, 2.45) is 0 Å². The minimum atomic E-state index is -1.18. The molecule has 1 aliphatic rings. The van der Waals surface area contributed by atoms with Crippen LogP contribution in [0.2, 0.25) is 5.02 Å². The van der Waals surface area contributed by atoms with Gasteiger partial charge in [-0.1, -0.05) is 23.7 Å².